The van der Waals surface area contributed by atoms with Gasteiger partial charge in [-0.05, 0) is 24.3 Å². The Kier molecular flexibility index (Phi) is 4.50. The van der Waals surface area contributed by atoms with E-state index in [1.165, 1.54) is 24.3 Å². The van der Waals surface area contributed by atoms with Crippen molar-refractivity contribution in [3.05, 3.63) is 53.6 Å². The van der Waals surface area contributed by atoms with Crippen molar-refractivity contribution < 1.29 is 27.1 Å². The Bertz CT molecular complexity index is 829. The lowest BCUT2D eigenvalue weighted by atomic mass is 10.1. The summed E-state index contributed by atoms with van der Waals surface area (Å²) in [7, 11) is -3.43. The summed E-state index contributed by atoms with van der Waals surface area (Å²) in [6.07, 6.45) is 0.989. The van der Waals surface area contributed by atoms with Crippen LogP contribution in [0.1, 0.15) is 10.4 Å². The molecule has 0 aliphatic carbocycles. The van der Waals surface area contributed by atoms with Crippen molar-refractivity contribution in [3.63, 3.8) is 0 Å². The predicted octanol–water partition coefficient (Wildman–Crippen LogP) is 2.29. The van der Waals surface area contributed by atoms with Gasteiger partial charge in [-0.1, -0.05) is 0 Å². The molecule has 0 aromatic heterocycles. The summed E-state index contributed by atoms with van der Waals surface area (Å²) >= 11 is 0. The van der Waals surface area contributed by atoms with E-state index in [4.69, 9.17) is 0 Å². The minimum absolute atomic E-state index is 0.233. The van der Waals surface area contributed by atoms with Crippen LogP contribution in [0.25, 0.3) is 0 Å². The van der Waals surface area contributed by atoms with Crippen LogP contribution in [0.5, 0.6) is 5.75 Å². The number of anilines is 2. The van der Waals surface area contributed by atoms with Crippen LogP contribution in [-0.4, -0.2) is 25.7 Å². The van der Waals surface area contributed by atoms with Crippen molar-refractivity contribution in [2.24, 2.45) is 0 Å². The second-order valence-corrected chi connectivity index (χ2v) is 6.44. The fourth-order valence-electron chi connectivity index (χ4n) is 1.81. The summed E-state index contributed by atoms with van der Waals surface area (Å²) in [5.41, 5.74) is -0.178. The summed E-state index contributed by atoms with van der Waals surface area (Å²) in [5.74, 6) is -4.00. The van der Waals surface area contributed by atoms with E-state index in [0.717, 1.165) is 6.26 Å². The zero-order valence-corrected chi connectivity index (χ0v) is 12.6. The van der Waals surface area contributed by atoms with Gasteiger partial charge in [0, 0.05) is 23.5 Å². The molecule has 0 aliphatic rings. The van der Waals surface area contributed by atoms with Gasteiger partial charge in [0.05, 0.1) is 6.26 Å². The third-order valence-corrected chi connectivity index (χ3v) is 3.31. The fraction of sp³-hybridized carbons (Fsp3) is 0.0714. The lowest BCUT2D eigenvalue weighted by Gasteiger charge is -2.09. The van der Waals surface area contributed by atoms with E-state index in [9.17, 15) is 27.1 Å². The minimum atomic E-state index is -3.43. The highest BCUT2D eigenvalue weighted by molar-refractivity contribution is 7.92. The molecule has 2 aromatic rings. The molecule has 0 radical (unpaired) electrons. The molecule has 122 valence electrons. The van der Waals surface area contributed by atoms with Crippen LogP contribution in [0, 0.1) is 11.6 Å². The van der Waals surface area contributed by atoms with Crippen molar-refractivity contribution in [1.29, 1.82) is 0 Å². The lowest BCUT2D eigenvalue weighted by Crippen LogP contribution is -2.14. The smallest absolute Gasteiger partial charge is 0.262 e. The molecule has 0 atom stereocenters. The molecule has 3 N–H and O–H groups in total. The van der Waals surface area contributed by atoms with Gasteiger partial charge < -0.3 is 10.4 Å². The molecular weight excluding hydrogens is 330 g/mol. The molecule has 0 spiro atoms. The number of amides is 1. The topological polar surface area (TPSA) is 95.5 Å². The first-order valence-corrected chi connectivity index (χ1v) is 8.12. The first-order chi connectivity index (χ1) is 10.7. The average Bonchev–Trinajstić information content (AvgIpc) is 2.38. The van der Waals surface area contributed by atoms with Crippen molar-refractivity contribution in [3.8, 4) is 5.75 Å². The van der Waals surface area contributed by atoms with Gasteiger partial charge in [0.25, 0.3) is 5.91 Å². The highest BCUT2D eigenvalue weighted by Crippen LogP contribution is 2.23. The first kappa shape index (κ1) is 16.7. The van der Waals surface area contributed by atoms with Gasteiger partial charge in [-0.3, -0.25) is 9.52 Å². The second-order valence-electron chi connectivity index (χ2n) is 4.69. The molecule has 9 heteroatoms. The highest BCUT2D eigenvalue weighted by Gasteiger charge is 2.18. The maximum atomic E-state index is 13.6. The largest absolute Gasteiger partial charge is 0.507 e. The standard InChI is InChI=1S/C14H12F2N2O4S/c1-23(21,22)18-10-4-2-9(3-5-10)17-14(20)13-11(16)6-8(15)7-12(13)19/h2-7,18-19H,1H3,(H,17,20). The van der Waals surface area contributed by atoms with E-state index in [-0.39, 0.29) is 11.4 Å². The zero-order chi connectivity index (χ0) is 17.2. The van der Waals surface area contributed by atoms with Gasteiger partial charge in [0.2, 0.25) is 10.0 Å². The maximum Gasteiger partial charge on any atom is 0.262 e. The molecule has 0 bridgehead atoms. The Morgan fingerprint density at radius 3 is 2.17 bits per heavy atom. The van der Waals surface area contributed by atoms with Crippen molar-refractivity contribution in [2.75, 3.05) is 16.3 Å². The number of aromatic hydroxyl groups is 1. The summed E-state index contributed by atoms with van der Waals surface area (Å²) in [4.78, 5) is 11.9. The molecule has 0 unspecified atom stereocenters. The van der Waals surface area contributed by atoms with E-state index >= 15 is 0 Å². The van der Waals surface area contributed by atoms with Gasteiger partial charge >= 0.3 is 0 Å². The quantitative estimate of drug-likeness (QED) is 0.794. The normalized spacial score (nSPS) is 11.1. The highest BCUT2D eigenvalue weighted by atomic mass is 32.2. The van der Waals surface area contributed by atoms with E-state index in [2.05, 4.69) is 10.0 Å². The number of hydrogen-bond donors (Lipinski definition) is 3. The Hall–Kier alpha value is -2.68. The summed E-state index contributed by atoms with van der Waals surface area (Å²) in [6.45, 7) is 0. The van der Waals surface area contributed by atoms with E-state index < -0.39 is 38.9 Å². The molecule has 2 rings (SSSR count). The predicted molar refractivity (Wildman–Crippen MR) is 80.9 cm³/mol. The third kappa shape index (κ3) is 4.39. The first-order valence-electron chi connectivity index (χ1n) is 6.23. The van der Waals surface area contributed by atoms with Crippen LogP contribution in [-0.2, 0) is 10.0 Å². The van der Waals surface area contributed by atoms with Gasteiger partial charge in [0.1, 0.15) is 22.9 Å². The Balaban J connectivity index is 2.18. The van der Waals surface area contributed by atoms with Crippen LogP contribution in [0.15, 0.2) is 36.4 Å². The van der Waals surface area contributed by atoms with E-state index in [1.54, 1.807) is 0 Å². The van der Waals surface area contributed by atoms with Crippen molar-refractivity contribution in [1.82, 2.24) is 0 Å². The number of nitrogens with one attached hydrogen (secondary N) is 2. The van der Waals surface area contributed by atoms with Crippen molar-refractivity contribution in [2.45, 2.75) is 0 Å². The van der Waals surface area contributed by atoms with Crippen molar-refractivity contribution >= 4 is 27.3 Å². The summed E-state index contributed by atoms with van der Waals surface area (Å²) < 4.78 is 50.8. The monoisotopic (exact) mass is 342 g/mol. The van der Waals surface area contributed by atoms with E-state index in [1.807, 2.05) is 0 Å². The molecular formula is C14H12F2N2O4S. The number of carbonyl (C=O) groups excluding carboxylic acids is 1. The molecule has 0 fully saturated rings. The number of phenols is 1. The third-order valence-electron chi connectivity index (χ3n) is 2.71. The summed E-state index contributed by atoms with van der Waals surface area (Å²) in [5, 5.41) is 11.8. The van der Waals surface area contributed by atoms with Crippen LogP contribution < -0.4 is 10.0 Å². The molecule has 0 saturated heterocycles. The number of benzene rings is 2. The van der Waals surface area contributed by atoms with Crippen LogP contribution >= 0.6 is 0 Å². The lowest BCUT2D eigenvalue weighted by molar-refractivity contribution is 0.102. The maximum absolute atomic E-state index is 13.6. The van der Waals surface area contributed by atoms with Crippen LogP contribution in [0.4, 0.5) is 20.2 Å². The SMILES string of the molecule is CS(=O)(=O)Nc1ccc(NC(=O)c2c(O)cc(F)cc2F)cc1. The average molecular weight is 342 g/mol. The number of sulfonamides is 1. The number of carbonyl (C=O) groups is 1. The summed E-state index contributed by atoms with van der Waals surface area (Å²) in [6, 6.07) is 6.63. The molecule has 6 nitrogen and oxygen atoms in total. The van der Waals surface area contributed by atoms with Gasteiger partial charge in [0.15, 0.2) is 0 Å². The molecule has 0 aliphatic heterocycles. The van der Waals surface area contributed by atoms with Gasteiger partial charge in [-0.2, -0.15) is 0 Å². The molecule has 0 saturated carbocycles. The van der Waals surface area contributed by atoms with E-state index in [0.29, 0.717) is 12.1 Å². The molecule has 2 aromatic carbocycles. The van der Waals surface area contributed by atoms with Gasteiger partial charge in [-0.15, -0.1) is 0 Å². The van der Waals surface area contributed by atoms with Gasteiger partial charge in [-0.25, -0.2) is 17.2 Å². The number of rotatable bonds is 4. The second kappa shape index (κ2) is 6.21. The Labute approximate surface area is 130 Å². The molecule has 23 heavy (non-hydrogen) atoms. The molecule has 0 heterocycles. The van der Waals surface area contributed by atoms with Crippen LogP contribution in [0.2, 0.25) is 0 Å². The number of phenolic OH excluding ortho intramolecular Hbond substituents is 1. The minimum Gasteiger partial charge on any atom is -0.507 e. The Morgan fingerprint density at radius 1 is 1.09 bits per heavy atom. The number of hydrogen-bond acceptors (Lipinski definition) is 4. The van der Waals surface area contributed by atoms with Crippen LogP contribution in [0.3, 0.4) is 0 Å². The number of halogens is 2. The fourth-order valence-corrected chi connectivity index (χ4v) is 2.38. The Morgan fingerprint density at radius 2 is 1.65 bits per heavy atom. The zero-order valence-electron chi connectivity index (χ0n) is 11.8. The molecule has 1 amide bonds.